The topological polar surface area (TPSA) is 69.6 Å². The molecular weight excluding hydrogens is 350 g/mol. The molecule has 1 aromatic heterocycles. The highest BCUT2D eigenvalue weighted by molar-refractivity contribution is 9.10. The van der Waals surface area contributed by atoms with Crippen molar-refractivity contribution in [3.8, 4) is 0 Å². The van der Waals surface area contributed by atoms with Gasteiger partial charge in [-0.2, -0.15) is 0 Å². The summed E-state index contributed by atoms with van der Waals surface area (Å²) in [7, 11) is 0. The summed E-state index contributed by atoms with van der Waals surface area (Å²) in [4.78, 5) is 1.11. The largest absolute Gasteiger partial charge is 0.324 e. The average Bonchev–Trinajstić information content (AvgIpc) is 3.11. The second-order valence-electron chi connectivity index (χ2n) is 5.42. The van der Waals surface area contributed by atoms with Crippen LogP contribution in [0.15, 0.2) is 32.7 Å². The van der Waals surface area contributed by atoms with Crippen molar-refractivity contribution in [2.45, 2.75) is 54.7 Å². The van der Waals surface area contributed by atoms with Gasteiger partial charge in [0.05, 0.1) is 6.04 Å². The molecule has 0 spiro atoms. The van der Waals surface area contributed by atoms with Crippen LogP contribution in [0.3, 0.4) is 0 Å². The first kappa shape index (κ1) is 15.0. The van der Waals surface area contributed by atoms with E-state index in [4.69, 9.17) is 5.73 Å². The Morgan fingerprint density at radius 2 is 2.14 bits per heavy atom. The summed E-state index contributed by atoms with van der Waals surface area (Å²) in [6, 6.07) is 6.67. The Bertz CT molecular complexity index is 622. The quantitative estimate of drug-likeness (QED) is 0.891. The van der Waals surface area contributed by atoms with Gasteiger partial charge in [0.1, 0.15) is 0 Å². The highest BCUT2D eigenvalue weighted by Gasteiger charge is 2.22. The van der Waals surface area contributed by atoms with Gasteiger partial charge in [-0.05, 0) is 75.6 Å². The molecule has 0 radical (unpaired) electrons. The van der Waals surface area contributed by atoms with Gasteiger partial charge in [0.2, 0.25) is 5.16 Å². The van der Waals surface area contributed by atoms with Gasteiger partial charge in [-0.25, -0.2) is 4.68 Å². The van der Waals surface area contributed by atoms with Crippen LogP contribution >= 0.6 is 27.7 Å². The van der Waals surface area contributed by atoms with Gasteiger partial charge in [0, 0.05) is 15.4 Å². The van der Waals surface area contributed by atoms with Crippen LogP contribution in [-0.2, 0) is 0 Å². The summed E-state index contributed by atoms with van der Waals surface area (Å²) in [6.07, 6.45) is 4.87. The van der Waals surface area contributed by atoms with Gasteiger partial charge in [0.15, 0.2) is 0 Å². The summed E-state index contributed by atoms with van der Waals surface area (Å²) in [6.45, 7) is 1.98. The second kappa shape index (κ2) is 6.46. The first-order valence-electron chi connectivity index (χ1n) is 7.16. The molecular formula is C14H18BrN5S. The van der Waals surface area contributed by atoms with E-state index in [0.717, 1.165) is 20.1 Å². The van der Waals surface area contributed by atoms with E-state index in [1.807, 2.05) is 11.6 Å². The fourth-order valence-electron chi connectivity index (χ4n) is 2.61. The highest BCUT2D eigenvalue weighted by atomic mass is 79.9. The van der Waals surface area contributed by atoms with Gasteiger partial charge in [0.25, 0.3) is 0 Å². The molecule has 1 atom stereocenters. The molecule has 112 valence electrons. The molecule has 0 aliphatic heterocycles. The van der Waals surface area contributed by atoms with Crippen LogP contribution in [-0.4, -0.2) is 20.2 Å². The van der Waals surface area contributed by atoms with Gasteiger partial charge in [-0.15, -0.1) is 5.10 Å². The van der Waals surface area contributed by atoms with Crippen molar-refractivity contribution in [3.05, 3.63) is 28.2 Å². The van der Waals surface area contributed by atoms with E-state index < -0.39 is 0 Å². The first-order valence-corrected chi connectivity index (χ1v) is 8.77. The van der Waals surface area contributed by atoms with Crippen LogP contribution in [0, 0.1) is 0 Å². The zero-order valence-electron chi connectivity index (χ0n) is 11.9. The number of hydrogen-bond acceptors (Lipinski definition) is 5. The number of aromatic nitrogens is 4. The molecule has 1 heterocycles. The number of rotatable bonds is 4. The van der Waals surface area contributed by atoms with Crippen LogP contribution in [0.4, 0.5) is 0 Å². The van der Waals surface area contributed by atoms with E-state index in [9.17, 15) is 0 Å². The van der Waals surface area contributed by atoms with E-state index in [1.165, 1.54) is 25.7 Å². The van der Waals surface area contributed by atoms with E-state index in [0.29, 0.717) is 6.04 Å². The minimum atomic E-state index is 0.0316. The van der Waals surface area contributed by atoms with Crippen LogP contribution in [0.5, 0.6) is 0 Å². The van der Waals surface area contributed by atoms with Gasteiger partial charge < -0.3 is 5.73 Å². The summed E-state index contributed by atoms with van der Waals surface area (Å²) in [5.74, 6) is 0. The number of benzene rings is 1. The third-order valence-corrected chi connectivity index (χ3v) is 5.76. The Morgan fingerprint density at radius 1 is 1.38 bits per heavy atom. The maximum atomic E-state index is 5.91. The number of halogens is 1. The molecule has 1 saturated carbocycles. The number of hydrogen-bond donors (Lipinski definition) is 1. The van der Waals surface area contributed by atoms with E-state index in [2.05, 4.69) is 49.7 Å². The van der Waals surface area contributed by atoms with Crippen LogP contribution in [0.2, 0.25) is 0 Å². The summed E-state index contributed by atoms with van der Waals surface area (Å²) < 4.78 is 3.01. The van der Waals surface area contributed by atoms with Gasteiger partial charge in [-0.1, -0.05) is 18.9 Å². The minimum absolute atomic E-state index is 0.0316. The van der Waals surface area contributed by atoms with E-state index >= 15 is 0 Å². The maximum Gasteiger partial charge on any atom is 0.214 e. The average molecular weight is 368 g/mol. The Morgan fingerprint density at radius 3 is 2.81 bits per heavy atom. The Kier molecular flexibility index (Phi) is 4.61. The monoisotopic (exact) mass is 367 g/mol. The van der Waals surface area contributed by atoms with Crippen molar-refractivity contribution >= 4 is 27.7 Å². The first-order chi connectivity index (χ1) is 10.1. The van der Waals surface area contributed by atoms with E-state index in [1.54, 1.807) is 11.8 Å². The Labute approximate surface area is 136 Å². The van der Waals surface area contributed by atoms with Crippen molar-refractivity contribution in [2.24, 2.45) is 5.73 Å². The zero-order chi connectivity index (χ0) is 14.8. The predicted molar refractivity (Wildman–Crippen MR) is 86.2 cm³/mol. The molecule has 0 saturated heterocycles. The lowest BCUT2D eigenvalue weighted by atomic mass is 10.1. The molecule has 2 aromatic rings. The standard InChI is InChI=1S/C14H18BrN5S/c1-9(16)10-6-7-13(12(15)8-10)21-14-17-18-19-20(14)11-4-2-3-5-11/h6-9,11H,2-5,16H2,1H3/t9-/m0/s1. The second-order valence-corrected chi connectivity index (χ2v) is 7.29. The highest BCUT2D eigenvalue weighted by Crippen LogP contribution is 2.37. The molecule has 21 heavy (non-hydrogen) atoms. The van der Waals surface area contributed by atoms with Gasteiger partial charge >= 0.3 is 0 Å². The number of nitrogens with zero attached hydrogens (tertiary/aromatic N) is 4. The predicted octanol–water partition coefficient (Wildman–Crippen LogP) is 3.72. The Balaban J connectivity index is 1.82. The van der Waals surface area contributed by atoms with Crippen molar-refractivity contribution in [1.29, 1.82) is 0 Å². The SMILES string of the molecule is C[C@H](N)c1ccc(Sc2nnnn2C2CCCC2)c(Br)c1. The summed E-state index contributed by atoms with van der Waals surface area (Å²) in [5, 5.41) is 13.0. The lowest BCUT2D eigenvalue weighted by Gasteiger charge is -2.12. The third kappa shape index (κ3) is 3.30. The lowest BCUT2D eigenvalue weighted by molar-refractivity contribution is 0.423. The Hall–Kier alpha value is -0.920. The van der Waals surface area contributed by atoms with Crippen LogP contribution in [0.25, 0.3) is 0 Å². The molecule has 1 aliphatic rings. The third-order valence-electron chi connectivity index (χ3n) is 3.82. The number of nitrogens with two attached hydrogens (primary N) is 1. The molecule has 7 heteroatoms. The maximum absolute atomic E-state index is 5.91. The van der Waals surface area contributed by atoms with Crippen molar-refractivity contribution in [3.63, 3.8) is 0 Å². The molecule has 1 aromatic carbocycles. The van der Waals surface area contributed by atoms with Crippen LogP contribution < -0.4 is 5.73 Å². The fraction of sp³-hybridized carbons (Fsp3) is 0.500. The smallest absolute Gasteiger partial charge is 0.214 e. The summed E-state index contributed by atoms with van der Waals surface area (Å²) >= 11 is 5.21. The fourth-order valence-corrected chi connectivity index (χ4v) is 4.10. The van der Waals surface area contributed by atoms with Crippen LogP contribution in [0.1, 0.15) is 50.3 Å². The number of tetrazole rings is 1. The van der Waals surface area contributed by atoms with E-state index in [-0.39, 0.29) is 6.04 Å². The summed E-state index contributed by atoms with van der Waals surface area (Å²) in [5.41, 5.74) is 7.02. The lowest BCUT2D eigenvalue weighted by Crippen LogP contribution is -2.08. The van der Waals surface area contributed by atoms with Gasteiger partial charge in [-0.3, -0.25) is 0 Å². The molecule has 2 N–H and O–H groups in total. The molecule has 0 amide bonds. The normalized spacial score (nSPS) is 17.3. The van der Waals surface area contributed by atoms with Crippen molar-refractivity contribution in [2.75, 3.05) is 0 Å². The molecule has 1 aliphatic carbocycles. The molecule has 0 bridgehead atoms. The van der Waals surface area contributed by atoms with Crippen molar-refractivity contribution < 1.29 is 0 Å². The molecule has 5 nitrogen and oxygen atoms in total. The molecule has 0 unspecified atom stereocenters. The minimum Gasteiger partial charge on any atom is -0.324 e. The van der Waals surface area contributed by atoms with Crippen molar-refractivity contribution in [1.82, 2.24) is 20.2 Å². The zero-order valence-corrected chi connectivity index (χ0v) is 14.3. The molecule has 1 fully saturated rings. The molecule has 3 rings (SSSR count).